The van der Waals surface area contributed by atoms with Crippen molar-refractivity contribution in [3.63, 3.8) is 0 Å². The fraction of sp³-hybridized carbons (Fsp3) is 0.500. The molecule has 0 aromatic heterocycles. The Balaban J connectivity index is 2.33. The van der Waals surface area contributed by atoms with Crippen molar-refractivity contribution in [3.8, 4) is 0 Å². The minimum absolute atomic E-state index is 0.0205. The zero-order valence-electron chi connectivity index (χ0n) is 12.3. The summed E-state index contributed by atoms with van der Waals surface area (Å²) in [5, 5.41) is 17.3. The van der Waals surface area contributed by atoms with Crippen LogP contribution in [0.25, 0.3) is 0 Å². The lowest BCUT2D eigenvalue weighted by Crippen LogP contribution is -2.49. The number of rotatable bonds is 4. The first-order chi connectivity index (χ1) is 10.0. The van der Waals surface area contributed by atoms with Crippen LogP contribution in [0.3, 0.4) is 0 Å². The molecule has 2 N–H and O–H groups in total. The summed E-state index contributed by atoms with van der Waals surface area (Å²) in [5.74, 6) is -0.291. The van der Waals surface area contributed by atoms with Crippen LogP contribution < -0.4 is 15.5 Å². The Hall–Kier alpha value is -2.15. The van der Waals surface area contributed by atoms with Crippen LogP contribution in [0.1, 0.15) is 24.2 Å². The summed E-state index contributed by atoms with van der Waals surface area (Å²) in [6.07, 6.45) is 0. The van der Waals surface area contributed by atoms with E-state index in [1.807, 2.05) is 18.7 Å². The molecule has 1 aromatic rings. The molecule has 0 unspecified atom stereocenters. The Kier molecular flexibility index (Phi) is 4.74. The van der Waals surface area contributed by atoms with Crippen molar-refractivity contribution in [2.24, 2.45) is 0 Å². The van der Waals surface area contributed by atoms with E-state index in [1.165, 1.54) is 6.07 Å². The monoisotopic (exact) mass is 292 g/mol. The molecule has 1 aliphatic heterocycles. The van der Waals surface area contributed by atoms with Crippen LogP contribution in [0.5, 0.6) is 0 Å². The Morgan fingerprint density at radius 3 is 2.95 bits per heavy atom. The fourth-order valence-electron chi connectivity index (χ4n) is 2.49. The number of hydrogen-bond acceptors (Lipinski definition) is 5. The summed E-state index contributed by atoms with van der Waals surface area (Å²) < 4.78 is 0. The highest BCUT2D eigenvalue weighted by molar-refractivity contribution is 5.95. The van der Waals surface area contributed by atoms with Crippen molar-refractivity contribution in [2.45, 2.75) is 19.9 Å². The topological polar surface area (TPSA) is 87.5 Å². The normalized spacial score (nSPS) is 18.4. The summed E-state index contributed by atoms with van der Waals surface area (Å²) in [6, 6.07) is 4.94. The predicted molar refractivity (Wildman–Crippen MR) is 80.8 cm³/mol. The molecule has 0 aliphatic carbocycles. The van der Waals surface area contributed by atoms with Crippen molar-refractivity contribution >= 4 is 17.3 Å². The number of nitro benzene ring substituents is 1. The van der Waals surface area contributed by atoms with Crippen LogP contribution in [0.2, 0.25) is 0 Å². The first-order valence-corrected chi connectivity index (χ1v) is 7.08. The lowest BCUT2D eigenvalue weighted by atomic mass is 10.1. The van der Waals surface area contributed by atoms with Gasteiger partial charge in [-0.3, -0.25) is 14.9 Å². The Morgan fingerprint density at radius 2 is 2.33 bits per heavy atom. The number of carbonyl (C=O) groups excluding carboxylic acids is 1. The summed E-state index contributed by atoms with van der Waals surface area (Å²) in [4.78, 5) is 24.7. The van der Waals surface area contributed by atoms with E-state index in [0.717, 1.165) is 6.54 Å². The maximum atomic E-state index is 11.8. The number of piperazine rings is 1. The first-order valence-electron chi connectivity index (χ1n) is 7.08. The molecule has 1 amide bonds. The van der Waals surface area contributed by atoms with Crippen molar-refractivity contribution in [1.82, 2.24) is 10.6 Å². The number of benzene rings is 1. The van der Waals surface area contributed by atoms with Gasteiger partial charge in [0.05, 0.1) is 4.92 Å². The van der Waals surface area contributed by atoms with E-state index in [2.05, 4.69) is 10.6 Å². The molecule has 1 atom stereocenters. The molecule has 114 valence electrons. The van der Waals surface area contributed by atoms with Gasteiger partial charge in [-0.2, -0.15) is 0 Å². The van der Waals surface area contributed by atoms with Gasteiger partial charge in [-0.25, -0.2) is 0 Å². The van der Waals surface area contributed by atoms with Crippen LogP contribution in [-0.2, 0) is 0 Å². The molecule has 0 bridgehead atoms. The zero-order chi connectivity index (χ0) is 15.4. The van der Waals surface area contributed by atoms with E-state index in [1.54, 1.807) is 12.1 Å². The molecular weight excluding hydrogens is 272 g/mol. The van der Waals surface area contributed by atoms with Gasteiger partial charge in [0.2, 0.25) is 0 Å². The second-order valence-corrected chi connectivity index (χ2v) is 5.12. The molecule has 7 nitrogen and oxygen atoms in total. The van der Waals surface area contributed by atoms with Gasteiger partial charge < -0.3 is 15.5 Å². The SMILES string of the molecule is CCNC(=O)c1ccc(N2CCN[C@H](C)C2)c([N+](=O)[O-])c1. The van der Waals surface area contributed by atoms with Crippen molar-refractivity contribution in [1.29, 1.82) is 0 Å². The highest BCUT2D eigenvalue weighted by Crippen LogP contribution is 2.30. The molecule has 0 saturated carbocycles. The van der Waals surface area contributed by atoms with E-state index < -0.39 is 4.92 Å². The second-order valence-electron chi connectivity index (χ2n) is 5.12. The van der Waals surface area contributed by atoms with Crippen LogP contribution in [0, 0.1) is 10.1 Å². The van der Waals surface area contributed by atoms with E-state index in [-0.39, 0.29) is 17.6 Å². The summed E-state index contributed by atoms with van der Waals surface area (Å²) in [7, 11) is 0. The maximum Gasteiger partial charge on any atom is 0.293 e. The quantitative estimate of drug-likeness (QED) is 0.642. The maximum absolute atomic E-state index is 11.8. The van der Waals surface area contributed by atoms with E-state index in [0.29, 0.717) is 30.9 Å². The van der Waals surface area contributed by atoms with Gasteiger partial charge in [-0.1, -0.05) is 0 Å². The van der Waals surface area contributed by atoms with Crippen LogP contribution in [0.4, 0.5) is 11.4 Å². The van der Waals surface area contributed by atoms with Crippen molar-refractivity contribution < 1.29 is 9.72 Å². The van der Waals surface area contributed by atoms with Crippen LogP contribution >= 0.6 is 0 Å². The third-order valence-corrected chi connectivity index (χ3v) is 3.48. The Morgan fingerprint density at radius 1 is 1.57 bits per heavy atom. The number of amides is 1. The van der Waals surface area contributed by atoms with Crippen molar-refractivity contribution in [3.05, 3.63) is 33.9 Å². The Labute approximate surface area is 123 Å². The molecule has 0 spiro atoms. The summed E-state index contributed by atoms with van der Waals surface area (Å²) in [5.41, 5.74) is 0.865. The third-order valence-electron chi connectivity index (χ3n) is 3.48. The number of carbonyl (C=O) groups is 1. The van der Waals surface area contributed by atoms with Gasteiger partial charge in [0.15, 0.2) is 0 Å². The average Bonchev–Trinajstić information content (AvgIpc) is 2.46. The lowest BCUT2D eigenvalue weighted by molar-refractivity contribution is -0.384. The van der Waals surface area contributed by atoms with Gasteiger partial charge in [0.25, 0.3) is 11.6 Å². The molecule has 1 aliphatic rings. The number of anilines is 1. The van der Waals surface area contributed by atoms with E-state index in [9.17, 15) is 14.9 Å². The number of nitrogens with zero attached hydrogens (tertiary/aromatic N) is 2. The summed E-state index contributed by atoms with van der Waals surface area (Å²) in [6.45, 7) is 6.55. The Bertz CT molecular complexity index is 547. The molecule has 1 aromatic carbocycles. The van der Waals surface area contributed by atoms with Gasteiger partial charge in [-0.15, -0.1) is 0 Å². The minimum atomic E-state index is -0.426. The van der Waals surface area contributed by atoms with Gasteiger partial charge in [0, 0.05) is 43.9 Å². The second kappa shape index (κ2) is 6.53. The largest absolute Gasteiger partial charge is 0.363 e. The van der Waals surface area contributed by atoms with Gasteiger partial charge in [0.1, 0.15) is 5.69 Å². The summed E-state index contributed by atoms with van der Waals surface area (Å²) >= 11 is 0. The number of nitro groups is 1. The average molecular weight is 292 g/mol. The molecule has 21 heavy (non-hydrogen) atoms. The van der Waals surface area contributed by atoms with Crippen molar-refractivity contribution in [2.75, 3.05) is 31.1 Å². The highest BCUT2D eigenvalue weighted by Gasteiger charge is 2.24. The number of nitrogens with one attached hydrogen (secondary N) is 2. The predicted octanol–water partition coefficient (Wildman–Crippen LogP) is 1.14. The van der Waals surface area contributed by atoms with E-state index >= 15 is 0 Å². The lowest BCUT2D eigenvalue weighted by Gasteiger charge is -2.33. The molecule has 0 radical (unpaired) electrons. The molecule has 1 heterocycles. The van der Waals surface area contributed by atoms with E-state index in [4.69, 9.17) is 0 Å². The molecule has 1 fully saturated rings. The highest BCUT2D eigenvalue weighted by atomic mass is 16.6. The molecular formula is C14H20N4O3. The first kappa shape index (κ1) is 15.2. The van der Waals surface area contributed by atoms with Gasteiger partial charge >= 0.3 is 0 Å². The molecule has 1 saturated heterocycles. The molecule has 7 heteroatoms. The van der Waals surface area contributed by atoms with Gasteiger partial charge in [-0.05, 0) is 26.0 Å². The molecule has 2 rings (SSSR count). The minimum Gasteiger partial charge on any atom is -0.363 e. The third kappa shape index (κ3) is 3.49. The fourth-order valence-corrected chi connectivity index (χ4v) is 2.49. The number of hydrogen-bond donors (Lipinski definition) is 2. The smallest absolute Gasteiger partial charge is 0.293 e. The van der Waals surface area contributed by atoms with Crippen LogP contribution in [-0.4, -0.2) is 43.1 Å². The zero-order valence-corrected chi connectivity index (χ0v) is 12.3. The van der Waals surface area contributed by atoms with Crippen LogP contribution in [0.15, 0.2) is 18.2 Å². The standard InChI is InChI=1S/C14H20N4O3/c1-3-15-14(19)11-4-5-12(13(8-11)18(20)21)17-7-6-16-10(2)9-17/h4-5,8,10,16H,3,6-7,9H2,1-2H3,(H,15,19)/t10-/m1/s1.